The predicted molar refractivity (Wildman–Crippen MR) is 80.8 cm³/mol. The molecule has 0 spiro atoms. The van der Waals surface area contributed by atoms with Crippen molar-refractivity contribution < 1.29 is 14.3 Å². The van der Waals surface area contributed by atoms with Gasteiger partial charge in [-0.3, -0.25) is 0 Å². The Morgan fingerprint density at radius 3 is 2.50 bits per heavy atom. The number of benzene rings is 2. The first-order chi connectivity index (χ1) is 9.49. The number of hydrogen-bond acceptors (Lipinski definition) is 3. The molecular formula is C13H9Br2FN2O2. The monoisotopic (exact) mass is 402 g/mol. The first-order valence-electron chi connectivity index (χ1n) is 5.41. The van der Waals surface area contributed by atoms with Crippen molar-refractivity contribution in [2.45, 2.75) is 0 Å². The maximum absolute atomic E-state index is 13.2. The minimum atomic E-state index is -0.401. The molecule has 3 N–H and O–H groups in total. The summed E-state index contributed by atoms with van der Waals surface area (Å²) < 4.78 is 20.0. The maximum Gasteiger partial charge on any atom is 0.171 e. The number of halogens is 3. The third kappa shape index (κ3) is 3.49. The van der Waals surface area contributed by atoms with Crippen LogP contribution >= 0.6 is 31.9 Å². The number of oxime groups is 1. The van der Waals surface area contributed by atoms with Gasteiger partial charge in [0.1, 0.15) is 17.3 Å². The van der Waals surface area contributed by atoms with Crippen LogP contribution in [-0.2, 0) is 0 Å². The Labute approximate surface area is 131 Å². The molecule has 0 radical (unpaired) electrons. The molecule has 104 valence electrons. The normalized spacial score (nSPS) is 11.4. The molecule has 0 unspecified atom stereocenters. The number of rotatable bonds is 3. The summed E-state index contributed by atoms with van der Waals surface area (Å²) >= 11 is 6.49. The predicted octanol–water partition coefficient (Wildman–Crippen LogP) is 4.24. The van der Waals surface area contributed by atoms with Crippen LogP contribution < -0.4 is 10.5 Å². The largest absolute Gasteiger partial charge is 0.457 e. The first kappa shape index (κ1) is 14.8. The zero-order valence-corrected chi connectivity index (χ0v) is 13.2. The molecule has 0 aliphatic rings. The molecule has 0 atom stereocenters. The minimum Gasteiger partial charge on any atom is -0.457 e. The van der Waals surface area contributed by atoms with E-state index in [9.17, 15) is 4.39 Å². The van der Waals surface area contributed by atoms with Gasteiger partial charge >= 0.3 is 0 Å². The van der Waals surface area contributed by atoms with Gasteiger partial charge in [0.15, 0.2) is 5.84 Å². The van der Waals surface area contributed by atoms with E-state index < -0.39 is 5.82 Å². The minimum absolute atomic E-state index is 0.0167. The lowest BCUT2D eigenvalue weighted by Crippen LogP contribution is -2.13. The number of nitrogens with zero attached hydrogens (tertiary/aromatic N) is 1. The van der Waals surface area contributed by atoms with Crippen molar-refractivity contribution in [2.24, 2.45) is 10.9 Å². The molecule has 2 aromatic carbocycles. The van der Waals surface area contributed by atoms with Crippen molar-refractivity contribution in [3.05, 3.63) is 56.7 Å². The molecular weight excluding hydrogens is 395 g/mol. The molecule has 0 amide bonds. The molecule has 7 heteroatoms. The van der Waals surface area contributed by atoms with E-state index in [4.69, 9.17) is 15.7 Å². The van der Waals surface area contributed by atoms with Crippen molar-refractivity contribution in [3.8, 4) is 11.5 Å². The highest BCUT2D eigenvalue weighted by Crippen LogP contribution is 2.29. The van der Waals surface area contributed by atoms with E-state index in [0.717, 1.165) is 0 Å². The highest BCUT2D eigenvalue weighted by atomic mass is 79.9. The van der Waals surface area contributed by atoms with E-state index in [1.165, 1.54) is 12.1 Å². The fraction of sp³-hybridized carbons (Fsp3) is 0. The Balaban J connectivity index is 2.28. The molecule has 0 fully saturated rings. The molecule has 0 aromatic heterocycles. The van der Waals surface area contributed by atoms with Gasteiger partial charge in [-0.2, -0.15) is 0 Å². The third-order valence-corrected chi connectivity index (χ3v) is 3.51. The van der Waals surface area contributed by atoms with E-state index in [2.05, 4.69) is 37.0 Å². The van der Waals surface area contributed by atoms with E-state index in [1.54, 1.807) is 24.3 Å². The lowest BCUT2D eigenvalue weighted by atomic mass is 10.2. The summed E-state index contributed by atoms with van der Waals surface area (Å²) in [5.74, 6) is 0.433. The van der Waals surface area contributed by atoms with Gasteiger partial charge in [-0.15, -0.1) is 0 Å². The van der Waals surface area contributed by atoms with Crippen LogP contribution in [0.15, 0.2) is 50.5 Å². The average molecular weight is 404 g/mol. The van der Waals surface area contributed by atoms with Crippen LogP contribution in [0.3, 0.4) is 0 Å². The van der Waals surface area contributed by atoms with E-state index in [0.29, 0.717) is 26.0 Å². The van der Waals surface area contributed by atoms with Crippen LogP contribution in [0.2, 0.25) is 0 Å². The number of amidine groups is 1. The number of ether oxygens (including phenoxy) is 1. The molecule has 0 saturated carbocycles. The Bertz CT molecular complexity index is 657. The van der Waals surface area contributed by atoms with Crippen LogP contribution in [0.25, 0.3) is 0 Å². The van der Waals surface area contributed by atoms with Crippen molar-refractivity contribution in [3.63, 3.8) is 0 Å². The lowest BCUT2D eigenvalue weighted by molar-refractivity contribution is 0.318. The van der Waals surface area contributed by atoms with Gasteiger partial charge in [0.2, 0.25) is 0 Å². The van der Waals surface area contributed by atoms with Crippen molar-refractivity contribution >= 4 is 37.7 Å². The number of nitrogens with two attached hydrogens (primary N) is 1. The molecule has 0 bridgehead atoms. The third-order valence-electron chi connectivity index (χ3n) is 2.40. The molecule has 4 nitrogen and oxygen atoms in total. The molecule has 20 heavy (non-hydrogen) atoms. The summed E-state index contributed by atoms with van der Waals surface area (Å²) in [6.07, 6.45) is 0. The van der Waals surface area contributed by atoms with Gasteiger partial charge in [-0.1, -0.05) is 21.1 Å². The Morgan fingerprint density at radius 1 is 1.15 bits per heavy atom. The zero-order chi connectivity index (χ0) is 14.7. The Hall–Kier alpha value is -1.60. The van der Waals surface area contributed by atoms with Crippen LogP contribution in [0, 0.1) is 5.82 Å². The quantitative estimate of drug-likeness (QED) is 0.348. The molecule has 0 aliphatic carbocycles. The molecule has 2 aromatic rings. The van der Waals surface area contributed by atoms with Crippen molar-refractivity contribution in [1.82, 2.24) is 0 Å². The van der Waals surface area contributed by atoms with Gasteiger partial charge in [0.25, 0.3) is 0 Å². The molecule has 0 aliphatic heterocycles. The first-order valence-corrected chi connectivity index (χ1v) is 6.99. The second-order valence-corrected chi connectivity index (χ2v) is 5.60. The van der Waals surface area contributed by atoms with E-state index >= 15 is 0 Å². The highest BCUT2D eigenvalue weighted by molar-refractivity contribution is 9.10. The van der Waals surface area contributed by atoms with Gasteiger partial charge in [-0.05, 0) is 46.3 Å². The smallest absolute Gasteiger partial charge is 0.171 e. The second kappa shape index (κ2) is 6.23. The van der Waals surface area contributed by atoms with E-state index in [1.807, 2.05) is 0 Å². The van der Waals surface area contributed by atoms with Gasteiger partial charge in [-0.25, -0.2) is 4.39 Å². The summed E-state index contributed by atoms with van der Waals surface area (Å²) in [6.45, 7) is 0. The summed E-state index contributed by atoms with van der Waals surface area (Å²) in [5.41, 5.74) is 6.04. The standard InChI is InChI=1S/C13H9Br2FN2O2/c14-7-3-8(16)5-10(4-7)20-9-1-2-11(12(15)6-9)13(17)18-19/h1-6,19H,(H2,17,18). The summed E-state index contributed by atoms with van der Waals surface area (Å²) in [7, 11) is 0. The highest BCUT2D eigenvalue weighted by Gasteiger charge is 2.08. The fourth-order valence-corrected chi connectivity index (χ4v) is 2.55. The van der Waals surface area contributed by atoms with Crippen LogP contribution in [0.5, 0.6) is 11.5 Å². The molecule has 0 saturated heterocycles. The lowest BCUT2D eigenvalue weighted by Gasteiger charge is -2.09. The van der Waals surface area contributed by atoms with Gasteiger partial charge in [0, 0.05) is 20.6 Å². The van der Waals surface area contributed by atoms with Crippen LogP contribution in [-0.4, -0.2) is 11.0 Å². The van der Waals surface area contributed by atoms with Gasteiger partial charge in [0.05, 0.1) is 0 Å². The zero-order valence-electron chi connectivity index (χ0n) is 9.98. The summed E-state index contributed by atoms with van der Waals surface area (Å²) in [6, 6.07) is 9.17. The van der Waals surface area contributed by atoms with Crippen molar-refractivity contribution in [2.75, 3.05) is 0 Å². The maximum atomic E-state index is 13.2. The SMILES string of the molecule is N/C(=N/O)c1ccc(Oc2cc(F)cc(Br)c2)cc1Br. The molecule has 0 heterocycles. The second-order valence-electron chi connectivity index (χ2n) is 3.83. The Morgan fingerprint density at radius 2 is 1.90 bits per heavy atom. The van der Waals surface area contributed by atoms with Gasteiger partial charge < -0.3 is 15.7 Å². The molecule has 2 rings (SSSR count). The summed E-state index contributed by atoms with van der Waals surface area (Å²) in [4.78, 5) is 0. The van der Waals surface area contributed by atoms with E-state index in [-0.39, 0.29) is 5.84 Å². The van der Waals surface area contributed by atoms with Crippen molar-refractivity contribution in [1.29, 1.82) is 0 Å². The fourth-order valence-electron chi connectivity index (χ4n) is 1.54. The summed E-state index contributed by atoms with van der Waals surface area (Å²) in [5, 5.41) is 11.6. The Kier molecular flexibility index (Phi) is 4.61. The average Bonchev–Trinajstić information content (AvgIpc) is 2.36. The topological polar surface area (TPSA) is 67.8 Å². The van der Waals surface area contributed by atoms with Crippen LogP contribution in [0.1, 0.15) is 5.56 Å². The number of hydrogen-bond donors (Lipinski definition) is 2. The van der Waals surface area contributed by atoms with Crippen LogP contribution in [0.4, 0.5) is 4.39 Å².